The highest BCUT2D eigenvalue weighted by molar-refractivity contribution is 7.82. The van der Waals surface area contributed by atoms with Crippen molar-refractivity contribution in [3.8, 4) is 23.0 Å². The van der Waals surface area contributed by atoms with E-state index in [0.717, 1.165) is 12.1 Å². The summed E-state index contributed by atoms with van der Waals surface area (Å²) in [5.41, 5.74) is 0.351. The predicted octanol–water partition coefficient (Wildman–Crippen LogP) is 9.52. The predicted molar refractivity (Wildman–Crippen MR) is 151 cm³/mol. The van der Waals surface area contributed by atoms with Crippen molar-refractivity contribution in [1.82, 2.24) is 0 Å². The maximum absolute atomic E-state index is 13.2. The van der Waals surface area contributed by atoms with Crippen LogP contribution in [0.2, 0.25) is 30.1 Å². The summed E-state index contributed by atoms with van der Waals surface area (Å²) in [6, 6.07) is 7.77. The molecule has 4 aromatic carbocycles. The second-order valence-electron chi connectivity index (χ2n) is 8.08. The molecule has 0 aliphatic carbocycles. The van der Waals surface area contributed by atoms with Gasteiger partial charge in [-0.15, -0.1) is 8.42 Å². The van der Waals surface area contributed by atoms with Crippen LogP contribution in [0.5, 0.6) is 23.0 Å². The number of halogens is 6. The van der Waals surface area contributed by atoms with E-state index >= 15 is 0 Å². The lowest BCUT2D eigenvalue weighted by atomic mass is 10.1. The minimum absolute atomic E-state index is 0.0158. The molecule has 0 fully saturated rings. The van der Waals surface area contributed by atoms with Crippen LogP contribution in [-0.2, 0) is 10.4 Å². The number of benzene rings is 4. The minimum atomic E-state index is -5.05. The molecule has 2 N–H and O–H groups in total. The number of fused-ring (bicyclic) bond motifs is 6. The number of rotatable bonds is 4. The molecule has 0 aliphatic heterocycles. The number of hydrogen-bond acceptors (Lipinski definition) is 8. The van der Waals surface area contributed by atoms with Gasteiger partial charge in [-0.3, -0.25) is 0 Å². The van der Waals surface area contributed by atoms with E-state index in [1.165, 1.54) is 24.3 Å². The van der Waals surface area contributed by atoms with Crippen LogP contribution in [0, 0.1) is 0 Å². The number of furan rings is 2. The molecule has 8 nitrogen and oxygen atoms in total. The van der Waals surface area contributed by atoms with E-state index in [0.29, 0.717) is 0 Å². The van der Waals surface area contributed by atoms with Crippen LogP contribution in [0.25, 0.3) is 43.9 Å². The quantitative estimate of drug-likeness (QED) is 0.178. The highest BCUT2D eigenvalue weighted by Crippen LogP contribution is 2.49. The molecule has 39 heavy (non-hydrogen) atoms. The fourth-order valence-electron chi connectivity index (χ4n) is 4.12. The summed E-state index contributed by atoms with van der Waals surface area (Å²) in [4.78, 5) is 0. The summed E-state index contributed by atoms with van der Waals surface area (Å²) in [7, 11) is -5.05. The number of phenols is 2. The maximum Gasteiger partial charge on any atom is 0.501 e. The fraction of sp³-hybridized carbons (Fsp3) is 0. The molecule has 15 heteroatoms. The van der Waals surface area contributed by atoms with Crippen molar-refractivity contribution in [2.75, 3.05) is 0 Å². The molecule has 0 bridgehead atoms. The third-order valence-electron chi connectivity index (χ3n) is 5.77. The van der Waals surface area contributed by atoms with Crippen molar-refractivity contribution >= 4 is 124 Å². The molecule has 0 aliphatic rings. The number of aromatic hydroxyl groups is 2. The molecular weight excluding hydrogens is 661 g/mol. The SMILES string of the molecule is O=S(=O)(Oc1c(O)ccc2oc3c(Cl)c(Cl)c(Cl)cc3c12)Oc1c(O)ccc2oc3c(Cl)c(Cl)c(Cl)cc3c12. The van der Waals surface area contributed by atoms with Crippen LogP contribution in [0.1, 0.15) is 0 Å². The van der Waals surface area contributed by atoms with Crippen LogP contribution in [0.15, 0.2) is 45.2 Å². The van der Waals surface area contributed by atoms with Gasteiger partial charge in [-0.1, -0.05) is 69.6 Å². The van der Waals surface area contributed by atoms with E-state index in [1.807, 2.05) is 0 Å². The molecule has 0 radical (unpaired) electrons. The molecule has 200 valence electrons. The summed E-state index contributed by atoms with van der Waals surface area (Å²) in [5.74, 6) is -2.27. The summed E-state index contributed by atoms with van der Waals surface area (Å²) in [5, 5.41) is 21.6. The lowest BCUT2D eigenvalue weighted by Crippen LogP contribution is -2.17. The molecule has 0 amide bonds. The number of hydrogen-bond donors (Lipinski definition) is 2. The second kappa shape index (κ2) is 9.21. The van der Waals surface area contributed by atoms with E-state index < -0.39 is 33.4 Å². The average molecular weight is 669 g/mol. The van der Waals surface area contributed by atoms with Crippen molar-refractivity contribution in [3.05, 3.63) is 66.5 Å². The topological polar surface area (TPSA) is 119 Å². The zero-order valence-corrected chi connectivity index (χ0v) is 23.8. The minimum Gasteiger partial charge on any atom is -0.504 e. The van der Waals surface area contributed by atoms with E-state index in [9.17, 15) is 18.6 Å². The van der Waals surface area contributed by atoms with Crippen LogP contribution >= 0.6 is 69.6 Å². The highest BCUT2D eigenvalue weighted by atomic mass is 35.5. The Hall–Kier alpha value is -2.63. The largest absolute Gasteiger partial charge is 0.504 e. The van der Waals surface area contributed by atoms with E-state index in [4.69, 9.17) is 86.8 Å². The summed E-state index contributed by atoms with van der Waals surface area (Å²) in [6.45, 7) is 0. The summed E-state index contributed by atoms with van der Waals surface area (Å²) in [6.07, 6.45) is 0. The Kier molecular flexibility index (Phi) is 6.28. The Bertz CT molecular complexity index is 1990. The van der Waals surface area contributed by atoms with Crippen molar-refractivity contribution in [2.45, 2.75) is 0 Å². The van der Waals surface area contributed by atoms with Crippen molar-refractivity contribution in [2.24, 2.45) is 0 Å². The summed E-state index contributed by atoms with van der Waals surface area (Å²) >= 11 is 37.0. The molecule has 2 aromatic heterocycles. The zero-order chi connectivity index (χ0) is 28.0. The first-order chi connectivity index (χ1) is 18.4. The van der Waals surface area contributed by atoms with E-state index in [-0.39, 0.29) is 74.0 Å². The first-order valence-electron chi connectivity index (χ1n) is 10.4. The highest BCUT2D eigenvalue weighted by Gasteiger charge is 2.29. The molecule has 6 aromatic rings. The van der Waals surface area contributed by atoms with Gasteiger partial charge >= 0.3 is 10.4 Å². The Morgan fingerprint density at radius 2 is 1.00 bits per heavy atom. The number of phenolic OH excluding ortho intramolecular Hbond substituents is 2. The Morgan fingerprint density at radius 3 is 1.38 bits per heavy atom. The normalized spacial score (nSPS) is 12.3. The first kappa shape index (κ1) is 26.6. The van der Waals surface area contributed by atoms with Crippen LogP contribution in [0.3, 0.4) is 0 Å². The molecule has 0 spiro atoms. The van der Waals surface area contributed by atoms with Crippen LogP contribution in [-0.4, -0.2) is 18.6 Å². The smallest absolute Gasteiger partial charge is 0.501 e. The lowest BCUT2D eigenvalue weighted by Gasteiger charge is -2.12. The summed E-state index contributed by atoms with van der Waals surface area (Å²) < 4.78 is 48.1. The average Bonchev–Trinajstić information content (AvgIpc) is 3.43. The zero-order valence-electron chi connectivity index (χ0n) is 18.5. The maximum atomic E-state index is 13.2. The van der Waals surface area contributed by atoms with E-state index in [1.54, 1.807) is 0 Å². The van der Waals surface area contributed by atoms with Gasteiger partial charge in [-0.25, -0.2) is 0 Å². The molecule has 2 heterocycles. The van der Waals surface area contributed by atoms with Crippen molar-refractivity contribution in [3.63, 3.8) is 0 Å². The van der Waals surface area contributed by atoms with Gasteiger partial charge in [-0.05, 0) is 36.4 Å². The van der Waals surface area contributed by atoms with Gasteiger partial charge in [0.25, 0.3) is 0 Å². The third-order valence-corrected chi connectivity index (χ3v) is 9.00. The molecule has 0 saturated carbocycles. The standard InChI is InChI=1S/C24H8Cl6O8S/c25-9-5-7-15-13(35-21(7)19(29)17(9)27)3-1-11(31)23(15)37-39(33,34)38-24-12(32)2-4-14-16(24)8-6-10(26)18(28)20(30)22(8)36-14/h1-6,31-32H. The molecular formula is C24H8Cl6O8S. The van der Waals surface area contributed by atoms with Crippen LogP contribution in [0.4, 0.5) is 0 Å². The second-order valence-corrected chi connectivity index (χ2v) is 11.6. The van der Waals surface area contributed by atoms with Gasteiger partial charge in [0.15, 0.2) is 34.2 Å². The van der Waals surface area contributed by atoms with Gasteiger partial charge in [0.2, 0.25) is 0 Å². The van der Waals surface area contributed by atoms with Gasteiger partial charge in [-0.2, -0.15) is 0 Å². The van der Waals surface area contributed by atoms with Gasteiger partial charge in [0, 0.05) is 10.8 Å². The Morgan fingerprint density at radius 1 is 0.615 bits per heavy atom. The third kappa shape index (κ3) is 4.15. The van der Waals surface area contributed by atoms with Gasteiger partial charge in [0.1, 0.15) is 21.2 Å². The lowest BCUT2D eigenvalue weighted by molar-refractivity contribution is 0.368. The van der Waals surface area contributed by atoms with Crippen molar-refractivity contribution in [1.29, 1.82) is 0 Å². The molecule has 6 rings (SSSR count). The fourth-order valence-corrected chi connectivity index (χ4v) is 6.17. The monoisotopic (exact) mass is 666 g/mol. The van der Waals surface area contributed by atoms with E-state index in [2.05, 4.69) is 0 Å². The van der Waals surface area contributed by atoms with Crippen LogP contribution < -0.4 is 8.37 Å². The molecule has 0 saturated heterocycles. The Balaban J connectivity index is 1.52. The molecule has 0 atom stereocenters. The van der Waals surface area contributed by atoms with Gasteiger partial charge < -0.3 is 27.4 Å². The van der Waals surface area contributed by atoms with Gasteiger partial charge in [0.05, 0.1) is 30.9 Å². The van der Waals surface area contributed by atoms with Crippen molar-refractivity contribution < 1.29 is 35.8 Å². The first-order valence-corrected chi connectivity index (χ1v) is 14.0. The molecule has 0 unspecified atom stereocenters. The Labute approximate surface area is 247 Å².